The van der Waals surface area contributed by atoms with Gasteiger partial charge in [0, 0.05) is 5.41 Å². The Kier molecular flexibility index (Phi) is 3.45. The molecule has 1 heterocycles. The van der Waals surface area contributed by atoms with Crippen LogP contribution >= 0.6 is 0 Å². The van der Waals surface area contributed by atoms with Crippen LogP contribution in [-0.4, -0.2) is 45.5 Å². The molecule has 20 heavy (non-hydrogen) atoms. The van der Waals surface area contributed by atoms with Crippen LogP contribution in [0.3, 0.4) is 0 Å². The molecule has 1 aromatic rings. The highest BCUT2D eigenvalue weighted by atomic mass is 16.3. The highest BCUT2D eigenvalue weighted by Gasteiger charge is 2.45. The summed E-state index contributed by atoms with van der Waals surface area (Å²) < 4.78 is 0. The Bertz CT molecular complexity index is 558. The largest absolute Gasteiger partial charge is 0.396 e. The van der Waals surface area contributed by atoms with Crippen molar-refractivity contribution in [2.45, 2.75) is 20.0 Å². The minimum atomic E-state index is -1.64. The van der Waals surface area contributed by atoms with Crippen LogP contribution in [0, 0.1) is 5.41 Å². The maximum atomic E-state index is 12.2. The second kappa shape index (κ2) is 4.81. The third-order valence-electron chi connectivity index (χ3n) is 3.40. The number of aliphatic hydroxyl groups is 2. The van der Waals surface area contributed by atoms with Crippen molar-refractivity contribution in [3.8, 4) is 0 Å². The summed E-state index contributed by atoms with van der Waals surface area (Å²) in [5, 5.41) is 19.1. The zero-order valence-corrected chi connectivity index (χ0v) is 11.2. The summed E-state index contributed by atoms with van der Waals surface area (Å²) in [5.74, 6) is -2.51. The number of imide groups is 3. The van der Waals surface area contributed by atoms with E-state index in [0.29, 0.717) is 4.90 Å². The molecule has 2 rings (SSSR count). The van der Waals surface area contributed by atoms with E-state index in [4.69, 9.17) is 5.11 Å². The van der Waals surface area contributed by atoms with Crippen molar-refractivity contribution in [1.82, 2.24) is 4.90 Å². The molecule has 0 saturated carbocycles. The lowest BCUT2D eigenvalue weighted by molar-refractivity contribution is -0.142. The number of carbonyl (C=O) groups excluding carboxylic acids is 3. The molecule has 0 unspecified atom stereocenters. The Labute approximate surface area is 115 Å². The highest BCUT2D eigenvalue weighted by Crippen LogP contribution is 2.27. The van der Waals surface area contributed by atoms with Gasteiger partial charge in [0.2, 0.25) is 0 Å². The molecular formula is C14H15NO5. The molecule has 1 aliphatic rings. The topological polar surface area (TPSA) is 94.9 Å². The minimum Gasteiger partial charge on any atom is -0.396 e. The molecular weight excluding hydrogens is 262 g/mol. The first-order valence-electron chi connectivity index (χ1n) is 6.12. The smallest absolute Gasteiger partial charge is 0.268 e. The summed E-state index contributed by atoms with van der Waals surface area (Å²) in [6, 6.07) is 6.08. The molecule has 1 aromatic carbocycles. The van der Waals surface area contributed by atoms with Crippen molar-refractivity contribution < 1.29 is 24.6 Å². The maximum Gasteiger partial charge on any atom is 0.268 e. The number of rotatable bonds is 3. The fourth-order valence-corrected chi connectivity index (χ4v) is 1.93. The average molecular weight is 277 g/mol. The van der Waals surface area contributed by atoms with Crippen LogP contribution in [0.25, 0.3) is 0 Å². The predicted molar refractivity (Wildman–Crippen MR) is 68.8 cm³/mol. The van der Waals surface area contributed by atoms with E-state index in [2.05, 4.69) is 0 Å². The molecule has 0 aromatic heterocycles. The third-order valence-corrected chi connectivity index (χ3v) is 3.40. The van der Waals surface area contributed by atoms with E-state index in [1.54, 1.807) is 12.1 Å². The predicted octanol–water partition coefficient (Wildman–Crippen LogP) is 0.189. The molecule has 6 nitrogen and oxygen atoms in total. The fraction of sp³-hybridized carbons (Fsp3) is 0.357. The number of fused-ring (bicyclic) bond motifs is 1. The second-order valence-electron chi connectivity index (χ2n) is 5.38. The second-order valence-corrected chi connectivity index (χ2v) is 5.38. The summed E-state index contributed by atoms with van der Waals surface area (Å²) in [4.78, 5) is 36.8. The number of hydrogen-bond donors (Lipinski definition) is 2. The summed E-state index contributed by atoms with van der Waals surface area (Å²) in [6.07, 6.45) is -1.64. The van der Waals surface area contributed by atoms with E-state index in [9.17, 15) is 19.5 Å². The van der Waals surface area contributed by atoms with Crippen LogP contribution in [-0.2, 0) is 4.79 Å². The number of carbonyl (C=O) groups is 3. The first kappa shape index (κ1) is 14.4. The van der Waals surface area contributed by atoms with Gasteiger partial charge in [0.1, 0.15) is 6.10 Å². The van der Waals surface area contributed by atoms with Gasteiger partial charge in [-0.3, -0.25) is 14.4 Å². The van der Waals surface area contributed by atoms with Crippen LogP contribution in [0.15, 0.2) is 24.3 Å². The van der Waals surface area contributed by atoms with Crippen LogP contribution in [0.1, 0.15) is 34.6 Å². The number of amides is 3. The van der Waals surface area contributed by atoms with Crippen molar-refractivity contribution in [3.05, 3.63) is 35.4 Å². The molecule has 106 valence electrons. The fourth-order valence-electron chi connectivity index (χ4n) is 1.93. The van der Waals surface area contributed by atoms with E-state index >= 15 is 0 Å². The lowest BCUT2D eigenvalue weighted by Crippen LogP contribution is -2.49. The van der Waals surface area contributed by atoms with Crippen molar-refractivity contribution in [3.63, 3.8) is 0 Å². The summed E-state index contributed by atoms with van der Waals surface area (Å²) in [5.41, 5.74) is -0.869. The Morgan fingerprint density at radius 2 is 1.65 bits per heavy atom. The normalized spacial score (nSPS) is 16.3. The Morgan fingerprint density at radius 1 is 1.20 bits per heavy atom. The van der Waals surface area contributed by atoms with Crippen molar-refractivity contribution in [1.29, 1.82) is 0 Å². The van der Waals surface area contributed by atoms with Gasteiger partial charge in [0.05, 0.1) is 17.7 Å². The van der Waals surface area contributed by atoms with Crippen LogP contribution in [0.5, 0.6) is 0 Å². The van der Waals surface area contributed by atoms with Gasteiger partial charge < -0.3 is 10.2 Å². The van der Waals surface area contributed by atoms with E-state index in [-0.39, 0.29) is 11.1 Å². The number of hydrogen-bond acceptors (Lipinski definition) is 5. The molecule has 2 N–H and O–H groups in total. The van der Waals surface area contributed by atoms with E-state index in [1.165, 1.54) is 26.0 Å². The zero-order chi connectivity index (χ0) is 15.1. The average Bonchev–Trinajstić information content (AvgIpc) is 2.70. The van der Waals surface area contributed by atoms with Crippen LogP contribution in [0.4, 0.5) is 0 Å². The first-order valence-corrected chi connectivity index (χ1v) is 6.12. The van der Waals surface area contributed by atoms with Gasteiger partial charge in [-0.1, -0.05) is 26.0 Å². The molecule has 1 aliphatic heterocycles. The quantitative estimate of drug-likeness (QED) is 0.769. The van der Waals surface area contributed by atoms with Crippen LogP contribution < -0.4 is 0 Å². The molecule has 0 bridgehead atoms. The van der Waals surface area contributed by atoms with Gasteiger partial charge in [-0.25, -0.2) is 4.90 Å². The summed E-state index contributed by atoms with van der Waals surface area (Å²) in [7, 11) is 0. The standard InChI is InChI=1S/C14H15NO5/c1-14(2,7-16)10(17)13(20)15-11(18)8-5-3-4-6-9(8)12(15)19/h3-6,10,16-17H,7H2,1-2H3/t10-/m0/s1. The van der Waals surface area contributed by atoms with E-state index < -0.39 is 35.8 Å². The molecule has 1 atom stereocenters. The SMILES string of the molecule is CC(C)(CO)[C@@H](O)C(=O)N1C(=O)c2ccccc2C1=O. The summed E-state index contributed by atoms with van der Waals surface area (Å²) in [6.45, 7) is 2.48. The lowest BCUT2D eigenvalue weighted by Gasteiger charge is -2.28. The molecule has 0 saturated heterocycles. The van der Waals surface area contributed by atoms with E-state index in [0.717, 1.165) is 0 Å². The molecule has 3 amide bonds. The summed E-state index contributed by atoms with van der Waals surface area (Å²) >= 11 is 0. The molecule has 0 aliphatic carbocycles. The molecule has 0 fully saturated rings. The number of aliphatic hydroxyl groups excluding tert-OH is 2. The maximum absolute atomic E-state index is 12.2. The molecule has 0 spiro atoms. The van der Waals surface area contributed by atoms with Gasteiger partial charge in [-0.15, -0.1) is 0 Å². The zero-order valence-electron chi connectivity index (χ0n) is 11.2. The first-order chi connectivity index (χ1) is 9.31. The molecule has 6 heteroatoms. The van der Waals surface area contributed by atoms with Gasteiger partial charge in [-0.05, 0) is 12.1 Å². The van der Waals surface area contributed by atoms with Gasteiger partial charge >= 0.3 is 0 Å². The Morgan fingerprint density at radius 3 is 2.05 bits per heavy atom. The highest BCUT2D eigenvalue weighted by molar-refractivity contribution is 6.29. The third kappa shape index (κ3) is 2.03. The van der Waals surface area contributed by atoms with Crippen molar-refractivity contribution in [2.75, 3.05) is 6.61 Å². The van der Waals surface area contributed by atoms with Crippen molar-refractivity contribution >= 4 is 17.7 Å². The molecule has 0 radical (unpaired) electrons. The van der Waals surface area contributed by atoms with Crippen LogP contribution in [0.2, 0.25) is 0 Å². The van der Waals surface area contributed by atoms with E-state index in [1.807, 2.05) is 0 Å². The van der Waals surface area contributed by atoms with Gasteiger partial charge in [-0.2, -0.15) is 0 Å². The van der Waals surface area contributed by atoms with Crippen molar-refractivity contribution in [2.24, 2.45) is 5.41 Å². The number of benzene rings is 1. The monoisotopic (exact) mass is 277 g/mol. The lowest BCUT2D eigenvalue weighted by atomic mass is 9.87. The number of nitrogens with zero attached hydrogens (tertiary/aromatic N) is 1. The Hall–Kier alpha value is -2.05. The van der Waals surface area contributed by atoms with Gasteiger partial charge in [0.15, 0.2) is 0 Å². The minimum absolute atomic E-state index is 0.139. The van der Waals surface area contributed by atoms with Gasteiger partial charge in [0.25, 0.3) is 17.7 Å². The Balaban J connectivity index is 2.35.